The number of hydrogen-bond acceptors (Lipinski definition) is 4. The van der Waals surface area contributed by atoms with Crippen LogP contribution in [0.1, 0.15) is 18.5 Å². The third-order valence-corrected chi connectivity index (χ3v) is 3.02. The second kappa shape index (κ2) is 5.82. The number of rotatable bonds is 6. The maximum absolute atomic E-state index is 12.2. The van der Waals surface area contributed by atoms with Gasteiger partial charge in [0.2, 0.25) is 5.91 Å². The minimum atomic E-state index is 0.117. The fourth-order valence-electron chi connectivity index (χ4n) is 1.88. The van der Waals surface area contributed by atoms with Crippen LogP contribution >= 0.6 is 0 Å². The summed E-state index contributed by atoms with van der Waals surface area (Å²) in [6, 6.07) is 3.97. The maximum atomic E-state index is 12.2. The minimum Gasteiger partial charge on any atom is -0.397 e. The van der Waals surface area contributed by atoms with Crippen molar-refractivity contribution in [3.05, 3.63) is 24.0 Å². The van der Waals surface area contributed by atoms with Gasteiger partial charge in [0.05, 0.1) is 24.9 Å². The molecule has 0 aromatic carbocycles. The molecule has 1 fully saturated rings. The molecule has 1 amide bonds. The van der Waals surface area contributed by atoms with Crippen molar-refractivity contribution < 1.29 is 9.53 Å². The van der Waals surface area contributed by atoms with Gasteiger partial charge in [-0.05, 0) is 25.0 Å². The first-order valence-corrected chi connectivity index (χ1v) is 6.19. The van der Waals surface area contributed by atoms with Gasteiger partial charge in [0.15, 0.2) is 0 Å². The van der Waals surface area contributed by atoms with Crippen molar-refractivity contribution in [3.63, 3.8) is 0 Å². The second-order valence-electron chi connectivity index (χ2n) is 4.57. The Labute approximate surface area is 107 Å². The van der Waals surface area contributed by atoms with Crippen molar-refractivity contribution in [2.45, 2.75) is 25.3 Å². The molecule has 0 spiro atoms. The van der Waals surface area contributed by atoms with Crippen molar-refractivity contribution in [1.82, 2.24) is 9.88 Å². The van der Waals surface area contributed by atoms with Crippen LogP contribution in [0.5, 0.6) is 0 Å². The minimum absolute atomic E-state index is 0.117. The lowest BCUT2D eigenvalue weighted by molar-refractivity contribution is -0.131. The Kier molecular flexibility index (Phi) is 4.15. The molecule has 1 aromatic heterocycles. The van der Waals surface area contributed by atoms with Crippen molar-refractivity contribution >= 4 is 11.6 Å². The van der Waals surface area contributed by atoms with Crippen LogP contribution in [0.2, 0.25) is 0 Å². The molecule has 0 atom stereocenters. The smallest absolute Gasteiger partial charge is 0.228 e. The molecule has 1 heterocycles. The number of anilines is 1. The van der Waals surface area contributed by atoms with E-state index in [-0.39, 0.29) is 5.91 Å². The number of amides is 1. The number of carbonyl (C=O) groups excluding carboxylic acids is 1. The maximum Gasteiger partial charge on any atom is 0.228 e. The van der Waals surface area contributed by atoms with E-state index in [1.54, 1.807) is 25.4 Å². The highest BCUT2D eigenvalue weighted by atomic mass is 16.5. The molecule has 1 saturated carbocycles. The zero-order chi connectivity index (χ0) is 13.0. The van der Waals surface area contributed by atoms with Crippen LogP contribution in [0.25, 0.3) is 0 Å². The van der Waals surface area contributed by atoms with Crippen molar-refractivity contribution in [1.29, 1.82) is 0 Å². The SMILES string of the molecule is COCCN(C(=O)Cc1ccc(N)cn1)C1CC1. The van der Waals surface area contributed by atoms with E-state index in [1.165, 1.54) is 0 Å². The molecule has 1 aliphatic carbocycles. The van der Waals surface area contributed by atoms with Gasteiger partial charge in [0.1, 0.15) is 0 Å². The molecule has 1 aromatic rings. The molecule has 0 unspecified atom stereocenters. The zero-order valence-corrected chi connectivity index (χ0v) is 10.6. The number of aromatic nitrogens is 1. The molecular formula is C13H19N3O2. The molecule has 2 N–H and O–H groups in total. The lowest BCUT2D eigenvalue weighted by Gasteiger charge is -2.21. The van der Waals surface area contributed by atoms with Crippen LogP contribution in [-0.2, 0) is 16.0 Å². The summed E-state index contributed by atoms with van der Waals surface area (Å²) >= 11 is 0. The number of nitrogen functional groups attached to an aromatic ring is 1. The van der Waals surface area contributed by atoms with E-state index >= 15 is 0 Å². The van der Waals surface area contributed by atoms with Gasteiger partial charge in [-0.3, -0.25) is 9.78 Å². The van der Waals surface area contributed by atoms with E-state index in [4.69, 9.17) is 10.5 Å². The predicted molar refractivity (Wildman–Crippen MR) is 69.0 cm³/mol. The standard InChI is InChI=1S/C13H19N3O2/c1-18-7-6-16(12-4-5-12)13(17)8-11-3-2-10(14)9-15-11/h2-3,9,12H,4-8,14H2,1H3. The molecular weight excluding hydrogens is 230 g/mol. The summed E-state index contributed by atoms with van der Waals surface area (Å²) in [6.45, 7) is 1.24. The van der Waals surface area contributed by atoms with Crippen LogP contribution in [0, 0.1) is 0 Å². The lowest BCUT2D eigenvalue weighted by Crippen LogP contribution is -2.37. The summed E-state index contributed by atoms with van der Waals surface area (Å²) in [4.78, 5) is 18.2. The molecule has 0 aliphatic heterocycles. The third kappa shape index (κ3) is 3.43. The van der Waals surface area contributed by atoms with Crippen LogP contribution in [-0.4, -0.2) is 42.1 Å². The molecule has 2 rings (SSSR count). The lowest BCUT2D eigenvalue weighted by atomic mass is 10.2. The number of pyridine rings is 1. The molecule has 0 saturated heterocycles. The van der Waals surface area contributed by atoms with E-state index < -0.39 is 0 Å². The number of nitrogens with zero attached hydrogens (tertiary/aromatic N) is 2. The molecule has 5 heteroatoms. The van der Waals surface area contributed by atoms with Crippen molar-refractivity contribution in [3.8, 4) is 0 Å². The van der Waals surface area contributed by atoms with Crippen molar-refractivity contribution in [2.24, 2.45) is 0 Å². The van der Waals surface area contributed by atoms with E-state index in [0.717, 1.165) is 18.5 Å². The number of ether oxygens (including phenoxy) is 1. The Morgan fingerprint density at radius 3 is 2.89 bits per heavy atom. The van der Waals surface area contributed by atoms with Gasteiger partial charge in [-0.15, -0.1) is 0 Å². The normalized spacial score (nSPS) is 14.5. The van der Waals surface area contributed by atoms with Crippen LogP contribution in [0.15, 0.2) is 18.3 Å². The Morgan fingerprint density at radius 2 is 2.33 bits per heavy atom. The van der Waals surface area contributed by atoms with E-state index in [0.29, 0.717) is 31.3 Å². The topological polar surface area (TPSA) is 68.5 Å². The summed E-state index contributed by atoms with van der Waals surface area (Å²) in [6.07, 6.45) is 4.12. The van der Waals surface area contributed by atoms with Gasteiger partial charge in [0, 0.05) is 25.4 Å². The zero-order valence-electron chi connectivity index (χ0n) is 10.6. The average molecular weight is 249 g/mol. The van der Waals surface area contributed by atoms with E-state index in [9.17, 15) is 4.79 Å². The second-order valence-corrected chi connectivity index (χ2v) is 4.57. The van der Waals surface area contributed by atoms with Gasteiger partial charge in [0.25, 0.3) is 0 Å². The fourth-order valence-corrected chi connectivity index (χ4v) is 1.88. The Bertz CT molecular complexity index is 401. The number of carbonyl (C=O) groups is 1. The van der Waals surface area contributed by atoms with Crippen LogP contribution in [0.3, 0.4) is 0 Å². The molecule has 0 radical (unpaired) electrons. The monoisotopic (exact) mass is 249 g/mol. The Hall–Kier alpha value is -1.62. The van der Waals surface area contributed by atoms with Gasteiger partial charge in [-0.1, -0.05) is 0 Å². The van der Waals surface area contributed by atoms with Crippen LogP contribution < -0.4 is 5.73 Å². The van der Waals surface area contributed by atoms with E-state index in [2.05, 4.69) is 4.98 Å². The summed E-state index contributed by atoms with van der Waals surface area (Å²) in [5, 5.41) is 0. The predicted octanol–water partition coefficient (Wildman–Crippen LogP) is 0.844. The van der Waals surface area contributed by atoms with Crippen LogP contribution in [0.4, 0.5) is 5.69 Å². The van der Waals surface area contributed by atoms with Gasteiger partial charge in [-0.2, -0.15) is 0 Å². The average Bonchev–Trinajstić information content (AvgIpc) is 3.17. The molecule has 0 bridgehead atoms. The third-order valence-electron chi connectivity index (χ3n) is 3.02. The summed E-state index contributed by atoms with van der Waals surface area (Å²) in [5.41, 5.74) is 6.94. The van der Waals surface area contributed by atoms with E-state index in [1.807, 2.05) is 4.90 Å². The summed E-state index contributed by atoms with van der Waals surface area (Å²) in [7, 11) is 1.65. The summed E-state index contributed by atoms with van der Waals surface area (Å²) < 4.78 is 5.04. The van der Waals surface area contributed by atoms with Gasteiger partial charge >= 0.3 is 0 Å². The number of hydrogen-bond donors (Lipinski definition) is 1. The highest BCUT2D eigenvalue weighted by Crippen LogP contribution is 2.27. The first-order valence-electron chi connectivity index (χ1n) is 6.19. The fraction of sp³-hybridized carbons (Fsp3) is 0.538. The first-order chi connectivity index (χ1) is 8.70. The largest absolute Gasteiger partial charge is 0.397 e. The number of nitrogens with two attached hydrogens (primary N) is 1. The van der Waals surface area contributed by atoms with Gasteiger partial charge in [-0.25, -0.2) is 0 Å². The Balaban J connectivity index is 1.93. The molecule has 18 heavy (non-hydrogen) atoms. The van der Waals surface area contributed by atoms with Crippen molar-refractivity contribution in [2.75, 3.05) is 26.0 Å². The number of methoxy groups -OCH3 is 1. The first kappa shape index (κ1) is 12.8. The molecule has 5 nitrogen and oxygen atoms in total. The van der Waals surface area contributed by atoms with Gasteiger partial charge < -0.3 is 15.4 Å². The summed E-state index contributed by atoms with van der Waals surface area (Å²) in [5.74, 6) is 0.117. The Morgan fingerprint density at radius 1 is 1.56 bits per heavy atom. The molecule has 98 valence electrons. The highest BCUT2D eigenvalue weighted by molar-refractivity contribution is 5.79. The highest BCUT2D eigenvalue weighted by Gasteiger charge is 2.32. The molecule has 1 aliphatic rings. The quantitative estimate of drug-likeness (QED) is 0.811.